The van der Waals surface area contributed by atoms with Gasteiger partial charge in [-0.2, -0.15) is 0 Å². The maximum Gasteiger partial charge on any atom is 0.279 e. The first kappa shape index (κ1) is 15.9. The molecule has 0 unspecified atom stereocenters. The van der Waals surface area contributed by atoms with Gasteiger partial charge < -0.3 is 15.1 Å². The third kappa shape index (κ3) is 4.27. The summed E-state index contributed by atoms with van der Waals surface area (Å²) in [5, 5.41) is 2.96. The molecule has 1 aliphatic rings. The fourth-order valence-corrected chi connectivity index (χ4v) is 3.02. The van der Waals surface area contributed by atoms with E-state index in [2.05, 4.69) is 36.1 Å². The van der Waals surface area contributed by atoms with Gasteiger partial charge >= 0.3 is 0 Å². The molecule has 1 aliphatic heterocycles. The molecule has 23 heavy (non-hydrogen) atoms. The molecule has 1 aromatic heterocycles. The highest BCUT2D eigenvalue weighted by atomic mass is 79.9. The van der Waals surface area contributed by atoms with Crippen LogP contribution in [-0.4, -0.2) is 48.6 Å². The number of benzene rings is 1. The molecular formula is C16H19BrN5O+. The Balaban J connectivity index is 1.49. The molecule has 7 heteroatoms. The second-order valence-electron chi connectivity index (χ2n) is 5.49. The Morgan fingerprint density at radius 1 is 1.17 bits per heavy atom. The van der Waals surface area contributed by atoms with Crippen molar-refractivity contribution in [1.82, 2.24) is 9.97 Å². The van der Waals surface area contributed by atoms with E-state index in [1.165, 1.54) is 4.90 Å². The van der Waals surface area contributed by atoms with Crippen LogP contribution in [0.3, 0.4) is 0 Å². The number of aromatic nitrogens is 2. The minimum Gasteiger partial charge on any atom is -0.330 e. The fourth-order valence-electron chi connectivity index (χ4n) is 2.64. The highest BCUT2D eigenvalue weighted by molar-refractivity contribution is 9.10. The topological polar surface area (TPSA) is 62.6 Å². The van der Waals surface area contributed by atoms with Gasteiger partial charge in [-0.25, -0.2) is 9.97 Å². The Hall–Kier alpha value is -1.99. The van der Waals surface area contributed by atoms with Crippen molar-refractivity contribution < 1.29 is 9.69 Å². The third-order valence-corrected chi connectivity index (χ3v) is 4.56. The molecule has 6 nitrogen and oxygen atoms in total. The maximum absolute atomic E-state index is 12.2. The number of nitrogens with one attached hydrogen (secondary N) is 2. The van der Waals surface area contributed by atoms with Crippen molar-refractivity contribution >= 4 is 33.5 Å². The van der Waals surface area contributed by atoms with Crippen LogP contribution in [0.4, 0.5) is 11.6 Å². The summed E-state index contributed by atoms with van der Waals surface area (Å²) in [4.78, 5) is 24.2. The Morgan fingerprint density at radius 2 is 1.87 bits per heavy atom. The van der Waals surface area contributed by atoms with E-state index < -0.39 is 0 Å². The Kier molecular flexibility index (Phi) is 5.19. The van der Waals surface area contributed by atoms with Crippen LogP contribution in [0.25, 0.3) is 0 Å². The quantitative estimate of drug-likeness (QED) is 0.819. The molecule has 0 atom stereocenters. The number of hydrogen-bond donors (Lipinski definition) is 2. The number of rotatable bonds is 4. The molecule has 1 aromatic carbocycles. The van der Waals surface area contributed by atoms with Crippen molar-refractivity contribution in [3.63, 3.8) is 0 Å². The monoisotopic (exact) mass is 376 g/mol. The van der Waals surface area contributed by atoms with Gasteiger partial charge in [0.2, 0.25) is 5.95 Å². The normalized spacial score (nSPS) is 15.4. The number of halogens is 1. The van der Waals surface area contributed by atoms with Gasteiger partial charge in [-0.1, -0.05) is 12.1 Å². The van der Waals surface area contributed by atoms with E-state index in [0.717, 1.165) is 42.3 Å². The van der Waals surface area contributed by atoms with E-state index in [4.69, 9.17) is 0 Å². The molecular weight excluding hydrogens is 358 g/mol. The molecule has 1 amide bonds. The molecule has 1 saturated heterocycles. The smallest absolute Gasteiger partial charge is 0.279 e. The minimum absolute atomic E-state index is 0.0383. The molecule has 0 radical (unpaired) electrons. The summed E-state index contributed by atoms with van der Waals surface area (Å²) in [6.07, 6.45) is 3.51. The Labute approximate surface area is 143 Å². The number of anilines is 2. The Bertz CT molecular complexity index is 659. The van der Waals surface area contributed by atoms with Crippen molar-refractivity contribution in [2.75, 3.05) is 42.9 Å². The van der Waals surface area contributed by atoms with E-state index in [1.807, 2.05) is 30.3 Å². The average molecular weight is 377 g/mol. The van der Waals surface area contributed by atoms with Gasteiger partial charge in [0, 0.05) is 16.9 Å². The van der Waals surface area contributed by atoms with Gasteiger partial charge in [0.05, 0.1) is 31.9 Å². The van der Waals surface area contributed by atoms with E-state index in [0.29, 0.717) is 6.54 Å². The predicted octanol–water partition coefficient (Wildman–Crippen LogP) is 0.583. The number of piperazine rings is 1. The zero-order valence-corrected chi connectivity index (χ0v) is 14.3. The number of quaternary nitrogens is 1. The average Bonchev–Trinajstić information content (AvgIpc) is 2.58. The van der Waals surface area contributed by atoms with Crippen LogP contribution in [-0.2, 0) is 4.79 Å². The van der Waals surface area contributed by atoms with Crippen LogP contribution in [0, 0.1) is 0 Å². The lowest BCUT2D eigenvalue weighted by Crippen LogP contribution is -3.15. The molecule has 2 aromatic rings. The SMILES string of the molecule is O=C(C[NH+]1CCN(c2ncccn2)CC1)Nc1ccccc1Br. The highest BCUT2D eigenvalue weighted by Crippen LogP contribution is 2.20. The molecule has 0 spiro atoms. The summed E-state index contributed by atoms with van der Waals surface area (Å²) in [6.45, 7) is 4.01. The molecule has 0 aliphatic carbocycles. The summed E-state index contributed by atoms with van der Waals surface area (Å²) in [6, 6.07) is 9.46. The zero-order valence-electron chi connectivity index (χ0n) is 12.7. The second kappa shape index (κ2) is 7.52. The lowest BCUT2D eigenvalue weighted by atomic mass is 10.3. The Morgan fingerprint density at radius 3 is 2.57 bits per heavy atom. The molecule has 0 saturated carbocycles. The number of carbonyl (C=O) groups is 1. The minimum atomic E-state index is 0.0383. The van der Waals surface area contributed by atoms with Gasteiger partial charge in [-0.05, 0) is 34.1 Å². The number of amides is 1. The number of hydrogen-bond acceptors (Lipinski definition) is 4. The van der Waals surface area contributed by atoms with Crippen LogP contribution in [0.5, 0.6) is 0 Å². The largest absolute Gasteiger partial charge is 0.330 e. The zero-order chi connectivity index (χ0) is 16.1. The predicted molar refractivity (Wildman–Crippen MR) is 92.6 cm³/mol. The van der Waals surface area contributed by atoms with Crippen molar-refractivity contribution in [1.29, 1.82) is 0 Å². The van der Waals surface area contributed by atoms with Crippen molar-refractivity contribution in [2.45, 2.75) is 0 Å². The summed E-state index contributed by atoms with van der Waals surface area (Å²) < 4.78 is 0.898. The first-order valence-corrected chi connectivity index (χ1v) is 8.41. The van der Waals surface area contributed by atoms with E-state index in [-0.39, 0.29) is 5.91 Å². The molecule has 3 rings (SSSR count). The number of para-hydroxylation sites is 1. The van der Waals surface area contributed by atoms with Crippen molar-refractivity contribution in [2.24, 2.45) is 0 Å². The van der Waals surface area contributed by atoms with Crippen LogP contribution in [0.1, 0.15) is 0 Å². The van der Waals surface area contributed by atoms with E-state index >= 15 is 0 Å². The third-order valence-electron chi connectivity index (χ3n) is 3.86. The summed E-state index contributed by atoms with van der Waals surface area (Å²) in [5.74, 6) is 0.806. The van der Waals surface area contributed by atoms with Gasteiger partial charge in [-0.3, -0.25) is 4.79 Å². The van der Waals surface area contributed by atoms with Crippen molar-refractivity contribution in [3.05, 3.63) is 47.2 Å². The number of carbonyl (C=O) groups excluding carboxylic acids is 1. The number of nitrogens with zero attached hydrogens (tertiary/aromatic N) is 3. The lowest BCUT2D eigenvalue weighted by Gasteiger charge is -2.31. The molecule has 1 fully saturated rings. The lowest BCUT2D eigenvalue weighted by molar-refractivity contribution is -0.892. The summed E-state index contributed by atoms with van der Waals surface area (Å²) >= 11 is 3.44. The van der Waals surface area contributed by atoms with Crippen LogP contribution in [0.2, 0.25) is 0 Å². The standard InChI is InChI=1S/C16H18BrN5O/c17-13-4-1-2-5-14(13)20-15(23)12-21-8-10-22(11-9-21)16-18-6-3-7-19-16/h1-7H,8-12H2,(H,20,23)/p+1. The fraction of sp³-hybridized carbons (Fsp3) is 0.312. The van der Waals surface area contributed by atoms with E-state index in [1.54, 1.807) is 12.4 Å². The second-order valence-corrected chi connectivity index (χ2v) is 6.34. The summed E-state index contributed by atoms with van der Waals surface area (Å²) in [5.41, 5.74) is 0.813. The highest BCUT2D eigenvalue weighted by Gasteiger charge is 2.23. The first-order chi connectivity index (χ1) is 11.2. The molecule has 0 bridgehead atoms. The van der Waals surface area contributed by atoms with Gasteiger partial charge in [0.1, 0.15) is 0 Å². The van der Waals surface area contributed by atoms with Crippen LogP contribution in [0.15, 0.2) is 47.2 Å². The molecule has 2 heterocycles. The molecule has 120 valence electrons. The summed E-state index contributed by atoms with van der Waals surface area (Å²) in [7, 11) is 0. The van der Waals surface area contributed by atoms with Crippen LogP contribution >= 0.6 is 15.9 Å². The molecule has 2 N–H and O–H groups in total. The van der Waals surface area contributed by atoms with Gasteiger partial charge in [0.25, 0.3) is 5.91 Å². The first-order valence-electron chi connectivity index (χ1n) is 7.62. The van der Waals surface area contributed by atoms with Gasteiger partial charge in [0.15, 0.2) is 6.54 Å². The van der Waals surface area contributed by atoms with Gasteiger partial charge in [-0.15, -0.1) is 0 Å². The van der Waals surface area contributed by atoms with Crippen molar-refractivity contribution in [3.8, 4) is 0 Å². The van der Waals surface area contributed by atoms with E-state index in [9.17, 15) is 4.79 Å². The maximum atomic E-state index is 12.2. The van der Waals surface area contributed by atoms with Crippen LogP contribution < -0.4 is 15.1 Å².